The number of quaternary nitrogens is 1. The summed E-state index contributed by atoms with van der Waals surface area (Å²) in [6, 6.07) is 31.4. The third-order valence-corrected chi connectivity index (χ3v) is 3.80. The molecule has 0 heterocycles. The van der Waals surface area contributed by atoms with Gasteiger partial charge in [-0.3, -0.25) is 0 Å². The molecule has 0 atom stereocenters. The van der Waals surface area contributed by atoms with Gasteiger partial charge in [-0.25, -0.2) is 0 Å². The molecular weight excluding hydrogens is 329 g/mol. The third kappa shape index (κ3) is 5.19. The molecule has 0 fully saturated rings. The molecule has 3 rings (SSSR count). The van der Waals surface area contributed by atoms with Gasteiger partial charge in [0, 0.05) is 16.7 Å². The summed E-state index contributed by atoms with van der Waals surface area (Å²) in [5, 5.41) is 0. The number of halogens is 4. The van der Waals surface area contributed by atoms with Crippen molar-refractivity contribution in [3.05, 3.63) is 108 Å². The molecule has 0 radical (unpaired) electrons. The van der Waals surface area contributed by atoms with Gasteiger partial charge in [0.2, 0.25) is 0 Å². The fourth-order valence-electron chi connectivity index (χ4n) is 2.67. The van der Waals surface area contributed by atoms with E-state index in [9.17, 15) is 17.3 Å². The average Bonchev–Trinajstić information content (AvgIpc) is 2.62. The Morgan fingerprint density at radius 2 is 0.720 bits per heavy atom. The van der Waals surface area contributed by atoms with Gasteiger partial charge in [-0.2, -0.15) is 0 Å². The van der Waals surface area contributed by atoms with Crippen molar-refractivity contribution in [1.29, 1.82) is 0 Å². The van der Waals surface area contributed by atoms with Crippen LogP contribution in [0.15, 0.2) is 91.0 Å². The quantitative estimate of drug-likeness (QED) is 0.410. The van der Waals surface area contributed by atoms with E-state index in [2.05, 4.69) is 78.5 Å². The predicted octanol–water partition coefficient (Wildman–Crippen LogP) is 4.52. The summed E-state index contributed by atoms with van der Waals surface area (Å²) in [6.45, 7) is 0. The fourth-order valence-corrected chi connectivity index (χ4v) is 2.67. The molecule has 130 valence electrons. The maximum Gasteiger partial charge on any atom is 0.673 e. The van der Waals surface area contributed by atoms with E-state index in [0.717, 1.165) is 0 Å². The summed E-state index contributed by atoms with van der Waals surface area (Å²) < 4.78 is 39.0. The predicted molar refractivity (Wildman–Crippen MR) is 92.3 cm³/mol. The molecule has 0 saturated carbocycles. The van der Waals surface area contributed by atoms with Crippen LogP contribution >= 0.6 is 0 Å². The molecule has 0 unspecified atom stereocenters. The summed E-state index contributed by atoms with van der Waals surface area (Å²) in [7, 11) is -6.00. The molecule has 0 aliphatic rings. The van der Waals surface area contributed by atoms with E-state index in [1.54, 1.807) is 0 Å². The van der Waals surface area contributed by atoms with Crippen molar-refractivity contribution in [2.45, 2.75) is 5.54 Å². The maximum atomic E-state index is 9.75. The van der Waals surface area contributed by atoms with Crippen molar-refractivity contribution in [3.8, 4) is 0 Å². The Morgan fingerprint density at radius 3 is 0.920 bits per heavy atom. The molecule has 0 aliphatic carbocycles. The largest absolute Gasteiger partial charge is 0.673 e. The normalized spacial score (nSPS) is 11.4. The minimum Gasteiger partial charge on any atom is -0.418 e. The first kappa shape index (κ1) is 18.7. The first-order valence-electron chi connectivity index (χ1n) is 7.71. The minimum absolute atomic E-state index is 0.371. The van der Waals surface area contributed by atoms with Gasteiger partial charge in [-0.1, -0.05) is 91.0 Å². The lowest BCUT2D eigenvalue weighted by atomic mass is 9.78. The second-order valence-electron chi connectivity index (χ2n) is 5.50. The highest BCUT2D eigenvalue weighted by Gasteiger charge is 2.35. The molecule has 1 nitrogen and oxygen atoms in total. The van der Waals surface area contributed by atoms with Gasteiger partial charge >= 0.3 is 7.25 Å². The number of benzene rings is 3. The van der Waals surface area contributed by atoms with Gasteiger partial charge in [-0.15, -0.1) is 0 Å². The highest BCUT2D eigenvalue weighted by Crippen LogP contribution is 2.31. The first-order valence-corrected chi connectivity index (χ1v) is 7.71. The van der Waals surface area contributed by atoms with Crippen molar-refractivity contribution in [2.24, 2.45) is 0 Å². The molecular formula is C19H18BF4N. The smallest absolute Gasteiger partial charge is 0.418 e. The molecule has 25 heavy (non-hydrogen) atoms. The molecule has 0 amide bonds. The van der Waals surface area contributed by atoms with E-state index < -0.39 is 7.25 Å². The SMILES string of the molecule is F[B-](F)(F)F.[NH3+]C(c1ccccc1)(c1ccccc1)c1ccccc1. The van der Waals surface area contributed by atoms with Crippen LogP contribution in [0.2, 0.25) is 0 Å². The van der Waals surface area contributed by atoms with Crippen LogP contribution in [0.5, 0.6) is 0 Å². The molecule has 0 aliphatic heterocycles. The van der Waals surface area contributed by atoms with Gasteiger partial charge in [0.15, 0.2) is 5.54 Å². The van der Waals surface area contributed by atoms with Crippen molar-refractivity contribution in [3.63, 3.8) is 0 Å². The Morgan fingerprint density at radius 1 is 0.520 bits per heavy atom. The summed E-state index contributed by atoms with van der Waals surface area (Å²) in [5.74, 6) is 0. The van der Waals surface area contributed by atoms with Gasteiger partial charge in [0.05, 0.1) is 0 Å². The van der Waals surface area contributed by atoms with Crippen LogP contribution < -0.4 is 5.73 Å². The van der Waals surface area contributed by atoms with Crippen LogP contribution in [0.25, 0.3) is 0 Å². The first-order chi connectivity index (χ1) is 11.8. The Bertz CT molecular complexity index is 659. The van der Waals surface area contributed by atoms with Crippen molar-refractivity contribution >= 4 is 7.25 Å². The van der Waals surface area contributed by atoms with E-state index in [1.807, 2.05) is 18.2 Å². The topological polar surface area (TPSA) is 27.6 Å². The van der Waals surface area contributed by atoms with Crippen LogP contribution in [0.1, 0.15) is 16.7 Å². The molecule has 6 heteroatoms. The summed E-state index contributed by atoms with van der Waals surface area (Å²) in [4.78, 5) is 0. The zero-order valence-electron chi connectivity index (χ0n) is 13.5. The number of hydrogen-bond donors (Lipinski definition) is 1. The highest BCUT2D eigenvalue weighted by atomic mass is 19.5. The highest BCUT2D eigenvalue weighted by molar-refractivity contribution is 6.50. The standard InChI is InChI=1S/C19H17N.BF4/c20-19(16-10-4-1-5-11-16,17-12-6-2-7-13-17)18-14-8-3-9-15-18;2-1(3,4)5/h1-15H,20H2;/q;-1/p+1. The Hall–Kier alpha value is -2.60. The number of hydrogen-bond acceptors (Lipinski definition) is 0. The van der Waals surface area contributed by atoms with Crippen LogP contribution in [0.4, 0.5) is 17.3 Å². The van der Waals surface area contributed by atoms with Crippen LogP contribution in [0.3, 0.4) is 0 Å². The summed E-state index contributed by atoms with van der Waals surface area (Å²) in [5.41, 5.74) is 7.83. The van der Waals surface area contributed by atoms with E-state index in [-0.39, 0.29) is 5.54 Å². The Kier molecular flexibility index (Phi) is 5.99. The zero-order chi connectivity index (χ0) is 18.3. The molecule has 0 bridgehead atoms. The lowest BCUT2D eigenvalue weighted by Gasteiger charge is -2.27. The molecule has 0 spiro atoms. The molecule has 3 aromatic carbocycles. The Labute approximate surface area is 144 Å². The van der Waals surface area contributed by atoms with Gasteiger partial charge < -0.3 is 23.0 Å². The lowest BCUT2D eigenvalue weighted by Crippen LogP contribution is -2.71. The van der Waals surface area contributed by atoms with Crippen LogP contribution in [-0.2, 0) is 5.54 Å². The number of rotatable bonds is 3. The average molecular weight is 347 g/mol. The van der Waals surface area contributed by atoms with Gasteiger partial charge in [0.25, 0.3) is 0 Å². The van der Waals surface area contributed by atoms with E-state index in [1.165, 1.54) is 16.7 Å². The fraction of sp³-hybridized carbons (Fsp3) is 0.0526. The van der Waals surface area contributed by atoms with E-state index >= 15 is 0 Å². The molecule has 0 saturated heterocycles. The van der Waals surface area contributed by atoms with E-state index in [4.69, 9.17) is 0 Å². The molecule has 3 N–H and O–H groups in total. The Balaban J connectivity index is 0.000000399. The van der Waals surface area contributed by atoms with E-state index in [0.29, 0.717) is 0 Å². The summed E-state index contributed by atoms with van der Waals surface area (Å²) >= 11 is 0. The van der Waals surface area contributed by atoms with Crippen molar-refractivity contribution in [2.75, 3.05) is 0 Å². The van der Waals surface area contributed by atoms with Gasteiger partial charge in [0.1, 0.15) is 0 Å². The second kappa shape index (κ2) is 7.99. The van der Waals surface area contributed by atoms with Gasteiger partial charge in [-0.05, 0) is 0 Å². The molecule has 0 aromatic heterocycles. The lowest BCUT2D eigenvalue weighted by molar-refractivity contribution is -0.455. The maximum absolute atomic E-state index is 9.75. The second-order valence-corrected chi connectivity index (χ2v) is 5.50. The monoisotopic (exact) mass is 347 g/mol. The van der Waals surface area contributed by atoms with Crippen molar-refractivity contribution in [1.82, 2.24) is 0 Å². The summed E-state index contributed by atoms with van der Waals surface area (Å²) in [6.07, 6.45) is 0. The van der Waals surface area contributed by atoms with Crippen LogP contribution in [-0.4, -0.2) is 7.25 Å². The minimum atomic E-state index is -6.00. The third-order valence-electron chi connectivity index (χ3n) is 3.80. The molecule has 3 aromatic rings. The van der Waals surface area contributed by atoms with Crippen molar-refractivity contribution < 1.29 is 23.0 Å². The van der Waals surface area contributed by atoms with Crippen LogP contribution in [0, 0.1) is 0 Å². The zero-order valence-corrected chi connectivity index (χ0v) is 13.5.